The van der Waals surface area contributed by atoms with E-state index in [0.29, 0.717) is 11.6 Å². The van der Waals surface area contributed by atoms with Gasteiger partial charge >= 0.3 is 0 Å². The van der Waals surface area contributed by atoms with Crippen molar-refractivity contribution in [3.8, 4) is 5.75 Å². The highest BCUT2D eigenvalue weighted by atomic mass is 16.5. The molecule has 1 aliphatic heterocycles. The van der Waals surface area contributed by atoms with E-state index in [1.165, 1.54) is 0 Å². The molecule has 2 N–H and O–H groups in total. The number of likely N-dealkylation sites (tertiary alicyclic amines) is 1. The molecule has 2 aliphatic rings. The molecular weight excluding hydrogens is 304 g/mol. The molecule has 0 aromatic heterocycles. The third kappa shape index (κ3) is 3.42. The fourth-order valence-corrected chi connectivity index (χ4v) is 4.27. The van der Waals surface area contributed by atoms with E-state index >= 15 is 0 Å². The Morgan fingerprint density at radius 2 is 1.96 bits per heavy atom. The van der Waals surface area contributed by atoms with Crippen molar-refractivity contribution in [3.05, 3.63) is 28.8 Å². The van der Waals surface area contributed by atoms with Gasteiger partial charge in [-0.1, -0.05) is 0 Å². The standard InChI is InChI=1S/C19H28N2O3/c1-12-9-14(10-13(2)18(12)24-3)19(23)20-16-5-4-6-17(16)21-8-7-15(22)11-21/h9-10,15-17,22H,4-8,11H2,1-3H3,(H,20,23)/t15?,16-,17+/m1/s1. The molecule has 3 atom stereocenters. The van der Waals surface area contributed by atoms with E-state index in [0.717, 1.165) is 55.6 Å². The van der Waals surface area contributed by atoms with Crippen LogP contribution in [0.2, 0.25) is 0 Å². The molecule has 1 aromatic rings. The molecule has 0 radical (unpaired) electrons. The van der Waals surface area contributed by atoms with E-state index < -0.39 is 0 Å². The van der Waals surface area contributed by atoms with E-state index in [1.807, 2.05) is 26.0 Å². The Kier molecular flexibility index (Phi) is 5.11. The number of ether oxygens (including phenoxy) is 1. The van der Waals surface area contributed by atoms with Gasteiger partial charge in [0.2, 0.25) is 0 Å². The second-order valence-corrected chi connectivity index (χ2v) is 7.16. The maximum atomic E-state index is 12.7. The first kappa shape index (κ1) is 17.2. The summed E-state index contributed by atoms with van der Waals surface area (Å²) in [6, 6.07) is 4.31. The van der Waals surface area contributed by atoms with Gasteiger partial charge in [0.25, 0.3) is 5.91 Å². The van der Waals surface area contributed by atoms with Gasteiger partial charge < -0.3 is 15.2 Å². The monoisotopic (exact) mass is 332 g/mol. The van der Waals surface area contributed by atoms with E-state index in [2.05, 4.69) is 10.2 Å². The number of methoxy groups -OCH3 is 1. The number of hydrogen-bond donors (Lipinski definition) is 2. The molecule has 1 saturated carbocycles. The fraction of sp³-hybridized carbons (Fsp3) is 0.632. The number of rotatable bonds is 4. The molecular formula is C19H28N2O3. The number of carbonyl (C=O) groups is 1. The first-order valence-electron chi connectivity index (χ1n) is 8.88. The smallest absolute Gasteiger partial charge is 0.251 e. The van der Waals surface area contributed by atoms with E-state index in [9.17, 15) is 9.90 Å². The van der Waals surface area contributed by atoms with E-state index in [4.69, 9.17) is 4.74 Å². The largest absolute Gasteiger partial charge is 0.496 e. The molecule has 1 aromatic carbocycles. The summed E-state index contributed by atoms with van der Waals surface area (Å²) in [5.74, 6) is 0.830. The molecule has 24 heavy (non-hydrogen) atoms. The van der Waals surface area contributed by atoms with Crippen LogP contribution in [0.1, 0.15) is 47.2 Å². The highest BCUT2D eigenvalue weighted by molar-refractivity contribution is 5.95. The minimum absolute atomic E-state index is 0.0134. The van der Waals surface area contributed by atoms with Crippen molar-refractivity contribution in [3.63, 3.8) is 0 Å². The Labute approximate surface area is 144 Å². The van der Waals surface area contributed by atoms with Crippen molar-refractivity contribution in [2.75, 3.05) is 20.2 Å². The van der Waals surface area contributed by atoms with Crippen LogP contribution in [0.15, 0.2) is 12.1 Å². The lowest BCUT2D eigenvalue weighted by Gasteiger charge is -2.29. The normalized spacial score (nSPS) is 27.4. The van der Waals surface area contributed by atoms with Crippen LogP contribution in [0.3, 0.4) is 0 Å². The van der Waals surface area contributed by atoms with Crippen LogP contribution in [0.25, 0.3) is 0 Å². The van der Waals surface area contributed by atoms with Crippen LogP contribution >= 0.6 is 0 Å². The van der Waals surface area contributed by atoms with Gasteiger partial charge in [0.1, 0.15) is 5.75 Å². The predicted molar refractivity (Wildman–Crippen MR) is 93.6 cm³/mol. The molecule has 5 nitrogen and oxygen atoms in total. The average molecular weight is 332 g/mol. The van der Waals surface area contributed by atoms with Crippen molar-refractivity contribution >= 4 is 5.91 Å². The summed E-state index contributed by atoms with van der Waals surface area (Å²) in [4.78, 5) is 15.1. The SMILES string of the molecule is COc1c(C)cc(C(=O)N[C@@H]2CCC[C@@H]2N2CCC(O)C2)cc1C. The summed E-state index contributed by atoms with van der Waals surface area (Å²) < 4.78 is 5.38. The van der Waals surface area contributed by atoms with Crippen LogP contribution in [-0.2, 0) is 0 Å². The van der Waals surface area contributed by atoms with Crippen molar-refractivity contribution in [1.82, 2.24) is 10.2 Å². The lowest BCUT2D eigenvalue weighted by Crippen LogP contribution is -2.48. The van der Waals surface area contributed by atoms with Crippen molar-refractivity contribution in [2.45, 2.75) is 57.7 Å². The number of hydrogen-bond acceptors (Lipinski definition) is 4. The second kappa shape index (κ2) is 7.11. The predicted octanol–water partition coefficient (Wildman–Crippen LogP) is 2.03. The van der Waals surface area contributed by atoms with E-state index in [-0.39, 0.29) is 18.1 Å². The minimum atomic E-state index is -0.214. The highest BCUT2D eigenvalue weighted by Gasteiger charge is 2.36. The number of benzene rings is 1. The molecule has 1 saturated heterocycles. The number of aliphatic hydroxyl groups is 1. The molecule has 1 amide bonds. The molecule has 1 heterocycles. The summed E-state index contributed by atoms with van der Waals surface area (Å²) in [6.07, 6.45) is 3.86. The maximum Gasteiger partial charge on any atom is 0.251 e. The molecule has 1 aliphatic carbocycles. The van der Waals surface area contributed by atoms with Gasteiger partial charge in [0.15, 0.2) is 0 Å². The minimum Gasteiger partial charge on any atom is -0.496 e. The molecule has 132 valence electrons. The Morgan fingerprint density at radius 3 is 2.54 bits per heavy atom. The van der Waals surface area contributed by atoms with Crippen molar-refractivity contribution in [1.29, 1.82) is 0 Å². The number of nitrogens with one attached hydrogen (secondary N) is 1. The first-order valence-corrected chi connectivity index (χ1v) is 8.88. The lowest BCUT2D eigenvalue weighted by atomic mass is 10.0. The van der Waals surface area contributed by atoms with Crippen molar-refractivity contribution in [2.24, 2.45) is 0 Å². The zero-order valence-corrected chi connectivity index (χ0v) is 14.8. The first-order chi connectivity index (χ1) is 11.5. The zero-order chi connectivity index (χ0) is 17.3. The van der Waals surface area contributed by atoms with Gasteiger partial charge in [-0.3, -0.25) is 9.69 Å². The molecule has 3 rings (SSSR count). The third-order valence-corrected chi connectivity index (χ3v) is 5.39. The Hall–Kier alpha value is -1.59. The zero-order valence-electron chi connectivity index (χ0n) is 14.8. The fourth-order valence-electron chi connectivity index (χ4n) is 4.27. The van der Waals surface area contributed by atoms with Gasteiger partial charge in [-0.25, -0.2) is 0 Å². The topological polar surface area (TPSA) is 61.8 Å². The van der Waals surface area contributed by atoms with Gasteiger partial charge in [0.05, 0.1) is 13.2 Å². The number of nitrogens with zero attached hydrogens (tertiary/aromatic N) is 1. The summed E-state index contributed by atoms with van der Waals surface area (Å²) in [5.41, 5.74) is 2.65. The van der Waals surface area contributed by atoms with Crippen LogP contribution in [-0.4, -0.2) is 54.3 Å². The second-order valence-electron chi connectivity index (χ2n) is 7.16. The lowest BCUT2D eigenvalue weighted by molar-refractivity contribution is 0.0905. The Balaban J connectivity index is 1.70. The average Bonchev–Trinajstić information content (AvgIpc) is 3.15. The van der Waals surface area contributed by atoms with E-state index in [1.54, 1.807) is 7.11 Å². The Morgan fingerprint density at radius 1 is 1.25 bits per heavy atom. The summed E-state index contributed by atoms with van der Waals surface area (Å²) in [7, 11) is 1.66. The van der Waals surface area contributed by atoms with Crippen LogP contribution in [0, 0.1) is 13.8 Å². The van der Waals surface area contributed by atoms with Crippen LogP contribution in [0.4, 0.5) is 0 Å². The molecule has 0 bridgehead atoms. The number of aryl methyl sites for hydroxylation is 2. The summed E-state index contributed by atoms with van der Waals surface area (Å²) in [5, 5.41) is 13.0. The maximum absolute atomic E-state index is 12.7. The highest BCUT2D eigenvalue weighted by Crippen LogP contribution is 2.28. The third-order valence-electron chi connectivity index (χ3n) is 5.39. The van der Waals surface area contributed by atoms with Crippen LogP contribution in [0.5, 0.6) is 5.75 Å². The van der Waals surface area contributed by atoms with Crippen molar-refractivity contribution < 1.29 is 14.6 Å². The number of amides is 1. The van der Waals surface area contributed by atoms with Gasteiger partial charge in [-0.05, 0) is 62.8 Å². The summed E-state index contributed by atoms with van der Waals surface area (Å²) >= 11 is 0. The molecule has 1 unspecified atom stereocenters. The quantitative estimate of drug-likeness (QED) is 0.886. The van der Waals surface area contributed by atoms with Gasteiger partial charge in [-0.2, -0.15) is 0 Å². The number of aliphatic hydroxyl groups excluding tert-OH is 1. The molecule has 0 spiro atoms. The number of carbonyl (C=O) groups excluding carboxylic acids is 1. The van der Waals surface area contributed by atoms with Crippen LogP contribution < -0.4 is 10.1 Å². The Bertz CT molecular complexity index is 594. The van der Waals surface area contributed by atoms with Gasteiger partial charge in [0, 0.05) is 30.7 Å². The summed E-state index contributed by atoms with van der Waals surface area (Å²) in [6.45, 7) is 5.59. The number of β-amino-alcohol motifs (C(OH)–C–C–N with tert-alkyl or cyclic N) is 1. The molecule has 5 heteroatoms. The van der Waals surface area contributed by atoms with Gasteiger partial charge in [-0.15, -0.1) is 0 Å². The molecule has 2 fully saturated rings.